The van der Waals surface area contributed by atoms with Crippen molar-refractivity contribution in [1.29, 1.82) is 0 Å². The number of rotatable bonds is 3. The van der Waals surface area contributed by atoms with Crippen LogP contribution in [-0.4, -0.2) is 27.8 Å². The minimum absolute atomic E-state index is 0.0852. The number of carbonyl (C=O) groups excluding carboxylic acids is 1. The van der Waals surface area contributed by atoms with Gasteiger partial charge in [0.15, 0.2) is 0 Å². The van der Waals surface area contributed by atoms with Crippen molar-refractivity contribution < 1.29 is 9.53 Å². The van der Waals surface area contributed by atoms with Crippen LogP contribution in [0.2, 0.25) is 0 Å². The van der Waals surface area contributed by atoms with Crippen molar-refractivity contribution in [2.45, 2.75) is 94.3 Å². The highest BCUT2D eigenvalue weighted by atomic mass is 32.2. The van der Waals surface area contributed by atoms with E-state index in [4.69, 9.17) is 4.74 Å². The van der Waals surface area contributed by atoms with Crippen molar-refractivity contribution in [3.63, 3.8) is 0 Å². The molecule has 6 fully saturated rings. The van der Waals surface area contributed by atoms with Crippen LogP contribution in [0.1, 0.15) is 84.0 Å². The number of hydrogen-bond acceptors (Lipinski definition) is 2. The Morgan fingerprint density at radius 3 is 1.96 bits per heavy atom. The van der Waals surface area contributed by atoms with Gasteiger partial charge in [-0.2, -0.15) is 0 Å². The first-order chi connectivity index (χ1) is 12.1. The summed E-state index contributed by atoms with van der Waals surface area (Å²) in [5, 5.41) is 0. The molecular weight excluding hydrogens is 328 g/mol. The molecule has 6 rings (SSSR count). The van der Waals surface area contributed by atoms with Crippen molar-refractivity contribution in [2.24, 2.45) is 23.7 Å². The van der Waals surface area contributed by atoms with Gasteiger partial charge in [-0.15, -0.1) is 0 Å². The number of ether oxygens (including phenoxy) is 1. The number of carbonyl (C=O) groups is 1. The summed E-state index contributed by atoms with van der Waals surface area (Å²) in [5.74, 6) is 6.02. The molecule has 2 nitrogen and oxygen atoms in total. The van der Waals surface area contributed by atoms with Gasteiger partial charge in [0.25, 0.3) is 0 Å². The van der Waals surface area contributed by atoms with Crippen molar-refractivity contribution in [1.82, 2.24) is 0 Å². The molecule has 1 saturated heterocycles. The van der Waals surface area contributed by atoms with E-state index in [0.29, 0.717) is 11.8 Å². The van der Waals surface area contributed by atoms with Gasteiger partial charge >= 0.3 is 5.97 Å². The van der Waals surface area contributed by atoms with E-state index in [1.165, 1.54) is 75.7 Å². The SMILES string of the molecule is CC1(OC(=O)C2([S+]3CCCCC3)CCCC2)C2CC3CC(C2)CC1C3. The summed E-state index contributed by atoms with van der Waals surface area (Å²) in [6.07, 6.45) is 15.5. The summed E-state index contributed by atoms with van der Waals surface area (Å²) in [4.78, 5) is 13.6. The molecule has 0 radical (unpaired) electrons. The molecule has 0 unspecified atom stereocenters. The van der Waals surface area contributed by atoms with Gasteiger partial charge in [-0.1, -0.05) is 0 Å². The Labute approximate surface area is 156 Å². The van der Waals surface area contributed by atoms with Crippen LogP contribution in [0, 0.1) is 23.7 Å². The van der Waals surface area contributed by atoms with E-state index >= 15 is 0 Å². The Bertz CT molecular complexity index is 502. The highest BCUT2D eigenvalue weighted by molar-refractivity contribution is 7.98. The number of esters is 1. The molecular formula is C22H35O2S+. The van der Waals surface area contributed by atoms with Crippen LogP contribution >= 0.6 is 0 Å². The lowest BCUT2D eigenvalue weighted by molar-refractivity contribution is -0.205. The Hall–Kier alpha value is -0.180. The van der Waals surface area contributed by atoms with E-state index in [9.17, 15) is 4.79 Å². The summed E-state index contributed by atoms with van der Waals surface area (Å²) in [6, 6.07) is 0. The normalized spacial score (nSPS) is 45.6. The molecule has 0 aromatic rings. The Kier molecular flexibility index (Phi) is 4.19. The minimum atomic E-state index is -0.140. The summed E-state index contributed by atoms with van der Waals surface area (Å²) in [5.41, 5.74) is -0.140. The molecule has 0 aromatic heterocycles. The van der Waals surface area contributed by atoms with E-state index in [0.717, 1.165) is 24.7 Å². The van der Waals surface area contributed by atoms with E-state index in [2.05, 4.69) is 6.92 Å². The second-order valence-electron chi connectivity index (χ2n) is 10.0. The molecule has 25 heavy (non-hydrogen) atoms. The molecule has 3 heteroatoms. The number of hydrogen-bond donors (Lipinski definition) is 0. The second kappa shape index (κ2) is 6.17. The van der Waals surface area contributed by atoms with Gasteiger partial charge in [0, 0.05) is 23.7 Å². The fourth-order valence-corrected chi connectivity index (χ4v) is 10.6. The standard InChI is InChI=1S/C22H35O2S/c1-21(18-12-16-11-17(14-18)15-19(21)13-16)24-20(23)22(7-3-4-8-22)25-9-5-2-6-10-25/h16-19H,2-15H2,1H3/q+1. The molecule has 0 spiro atoms. The first-order valence-corrected chi connectivity index (χ1v) is 12.6. The topological polar surface area (TPSA) is 26.3 Å². The zero-order chi connectivity index (χ0) is 17.1. The molecule has 140 valence electrons. The van der Waals surface area contributed by atoms with Crippen LogP contribution in [-0.2, 0) is 20.4 Å². The van der Waals surface area contributed by atoms with Crippen molar-refractivity contribution in [3.05, 3.63) is 0 Å². The van der Waals surface area contributed by atoms with E-state index < -0.39 is 0 Å². The van der Waals surface area contributed by atoms with Crippen LogP contribution in [0.15, 0.2) is 0 Å². The zero-order valence-electron chi connectivity index (χ0n) is 15.9. The van der Waals surface area contributed by atoms with Crippen LogP contribution in [0.4, 0.5) is 0 Å². The van der Waals surface area contributed by atoms with Gasteiger partial charge in [-0.3, -0.25) is 0 Å². The first-order valence-electron chi connectivity index (χ1n) is 11.0. The lowest BCUT2D eigenvalue weighted by atomic mass is 9.50. The molecule has 1 aliphatic heterocycles. The van der Waals surface area contributed by atoms with Gasteiger partial charge in [-0.05, 0) is 94.8 Å². The first kappa shape index (κ1) is 17.0. The lowest BCUT2D eigenvalue weighted by Crippen LogP contribution is -2.60. The van der Waals surface area contributed by atoms with Crippen LogP contribution < -0.4 is 0 Å². The highest BCUT2D eigenvalue weighted by Crippen LogP contribution is 2.60. The maximum Gasteiger partial charge on any atom is 0.363 e. The average Bonchev–Trinajstić information content (AvgIpc) is 3.11. The van der Waals surface area contributed by atoms with Gasteiger partial charge in [0.2, 0.25) is 4.75 Å². The third kappa shape index (κ3) is 2.62. The molecule has 0 amide bonds. The Balaban J connectivity index is 1.38. The van der Waals surface area contributed by atoms with Crippen molar-refractivity contribution in [2.75, 3.05) is 11.5 Å². The average molecular weight is 364 g/mol. The molecule has 5 saturated carbocycles. The smallest absolute Gasteiger partial charge is 0.363 e. The summed E-state index contributed by atoms with van der Waals surface area (Å²) in [6.45, 7) is 2.32. The van der Waals surface area contributed by atoms with Crippen LogP contribution in [0.25, 0.3) is 0 Å². The fourth-order valence-electron chi connectivity index (χ4n) is 7.36. The molecule has 0 atom stereocenters. The summed E-state index contributed by atoms with van der Waals surface area (Å²) >= 11 is 0. The van der Waals surface area contributed by atoms with E-state index in [1.807, 2.05) is 0 Å². The predicted octanol–water partition coefficient (Wildman–Crippen LogP) is 4.86. The maximum absolute atomic E-state index is 13.6. The maximum atomic E-state index is 13.6. The lowest BCUT2D eigenvalue weighted by Gasteiger charge is -2.59. The third-order valence-corrected chi connectivity index (χ3v) is 11.9. The molecule has 0 N–H and O–H groups in total. The van der Waals surface area contributed by atoms with Gasteiger partial charge in [-0.25, -0.2) is 4.79 Å². The molecule has 5 aliphatic carbocycles. The van der Waals surface area contributed by atoms with Crippen molar-refractivity contribution >= 4 is 16.9 Å². The van der Waals surface area contributed by atoms with Crippen LogP contribution in [0.5, 0.6) is 0 Å². The van der Waals surface area contributed by atoms with E-state index in [1.54, 1.807) is 0 Å². The molecule has 0 aromatic carbocycles. The van der Waals surface area contributed by atoms with Crippen molar-refractivity contribution in [3.8, 4) is 0 Å². The van der Waals surface area contributed by atoms with Gasteiger partial charge in [0.1, 0.15) is 17.1 Å². The van der Waals surface area contributed by atoms with Gasteiger partial charge in [0.05, 0.1) is 0 Å². The zero-order valence-corrected chi connectivity index (χ0v) is 16.8. The quantitative estimate of drug-likeness (QED) is 0.529. The third-order valence-electron chi connectivity index (χ3n) is 8.69. The summed E-state index contributed by atoms with van der Waals surface area (Å²) in [7, 11) is 0.290. The molecule has 4 bridgehead atoms. The minimum Gasteiger partial charge on any atom is -0.455 e. The predicted molar refractivity (Wildman–Crippen MR) is 104 cm³/mol. The van der Waals surface area contributed by atoms with Gasteiger partial charge < -0.3 is 4.74 Å². The second-order valence-corrected chi connectivity index (χ2v) is 12.6. The van der Waals surface area contributed by atoms with Crippen LogP contribution in [0.3, 0.4) is 0 Å². The fraction of sp³-hybridized carbons (Fsp3) is 0.955. The summed E-state index contributed by atoms with van der Waals surface area (Å²) < 4.78 is 6.54. The Morgan fingerprint density at radius 1 is 0.840 bits per heavy atom. The monoisotopic (exact) mass is 363 g/mol. The Morgan fingerprint density at radius 2 is 1.40 bits per heavy atom. The van der Waals surface area contributed by atoms with E-state index in [-0.39, 0.29) is 27.2 Å². The molecule has 6 aliphatic rings. The molecule has 1 heterocycles. The largest absolute Gasteiger partial charge is 0.455 e. The highest BCUT2D eigenvalue weighted by Gasteiger charge is 2.62.